The topological polar surface area (TPSA) is 0 Å². The van der Waals surface area contributed by atoms with Gasteiger partial charge >= 0.3 is 179 Å². The molecule has 5 rings (SSSR count). The van der Waals surface area contributed by atoms with Crippen LogP contribution in [-0.2, 0) is 5.41 Å². The van der Waals surface area contributed by atoms with E-state index < -0.39 is 18.4 Å². The van der Waals surface area contributed by atoms with Crippen molar-refractivity contribution in [2.45, 2.75) is 22.7 Å². The van der Waals surface area contributed by atoms with E-state index >= 15 is 0 Å². The van der Waals surface area contributed by atoms with Crippen molar-refractivity contribution in [3.05, 3.63) is 127 Å². The minimum atomic E-state index is -3.25. The Bertz CT molecular complexity index is 978. The van der Waals surface area contributed by atoms with Crippen molar-refractivity contribution in [1.29, 1.82) is 0 Å². The third-order valence-electron chi connectivity index (χ3n) is 6.88. The van der Waals surface area contributed by atoms with E-state index in [2.05, 4.69) is 128 Å². The number of benzene rings is 4. The Morgan fingerprint density at radius 1 is 0.552 bits per heavy atom. The molecule has 4 aromatic carbocycles. The van der Waals surface area contributed by atoms with Crippen molar-refractivity contribution < 1.29 is 0 Å². The molecule has 0 spiro atoms. The fraction of sp³-hybridized carbons (Fsp3) is 0.143. The van der Waals surface area contributed by atoms with Crippen LogP contribution in [0.25, 0.3) is 0 Å². The molecule has 1 aliphatic carbocycles. The zero-order valence-electron chi connectivity index (χ0n) is 16.8. The third-order valence-corrected chi connectivity index (χ3v) is 22.9. The summed E-state index contributed by atoms with van der Waals surface area (Å²) in [7, 11) is 0. The molecule has 1 fully saturated rings. The van der Waals surface area contributed by atoms with E-state index in [0.717, 1.165) is 0 Å². The molecular weight excluding hydrogens is 455 g/mol. The Morgan fingerprint density at radius 3 is 1.28 bits per heavy atom. The predicted octanol–water partition coefficient (Wildman–Crippen LogP) is 4.89. The molecule has 0 unspecified atom stereocenters. The molecule has 4 aromatic rings. The second kappa shape index (κ2) is 7.50. The van der Waals surface area contributed by atoms with Crippen molar-refractivity contribution in [2.75, 3.05) is 0 Å². The van der Waals surface area contributed by atoms with Gasteiger partial charge in [-0.05, 0) is 0 Å². The van der Waals surface area contributed by atoms with Crippen LogP contribution in [0.1, 0.15) is 18.9 Å². The van der Waals surface area contributed by atoms with Crippen LogP contribution in [0.15, 0.2) is 121 Å². The summed E-state index contributed by atoms with van der Waals surface area (Å²) in [6.45, 7) is 2.49. The summed E-state index contributed by atoms with van der Waals surface area (Å²) in [5.74, 6) is 0. The summed E-state index contributed by atoms with van der Waals surface area (Å²) >= 11 is -3.25. The van der Waals surface area contributed by atoms with Gasteiger partial charge < -0.3 is 0 Å². The summed E-state index contributed by atoms with van der Waals surface area (Å²) in [5.41, 5.74) is 1.74. The molecule has 0 N–H and O–H groups in total. The van der Waals surface area contributed by atoms with E-state index in [1.165, 1.54) is 12.0 Å². The second-order valence-corrected chi connectivity index (χ2v) is 20.0. The predicted molar refractivity (Wildman–Crippen MR) is 126 cm³/mol. The minimum absolute atomic E-state index is 0.249. The first-order valence-electron chi connectivity index (χ1n) is 10.5. The Labute approximate surface area is 178 Å². The number of hydrogen-bond acceptors (Lipinski definition) is 0. The van der Waals surface area contributed by atoms with Gasteiger partial charge in [0.2, 0.25) is 0 Å². The van der Waals surface area contributed by atoms with Crippen LogP contribution in [-0.4, -0.2) is 18.4 Å². The molecule has 0 bridgehead atoms. The zero-order valence-corrected chi connectivity index (χ0v) is 19.7. The normalized spacial score (nSPS) is 20.9. The van der Waals surface area contributed by atoms with Gasteiger partial charge in [-0.3, -0.25) is 0 Å². The number of hydrogen-bond donors (Lipinski definition) is 0. The maximum atomic E-state index is 2.49. The van der Waals surface area contributed by atoms with Crippen LogP contribution >= 0.6 is 0 Å². The van der Waals surface area contributed by atoms with Crippen LogP contribution in [0, 0.1) is 0 Å². The van der Waals surface area contributed by atoms with Gasteiger partial charge in [0.15, 0.2) is 0 Å². The van der Waals surface area contributed by atoms with E-state index in [1.807, 2.05) is 0 Å². The fourth-order valence-corrected chi connectivity index (χ4v) is 23.1. The van der Waals surface area contributed by atoms with Crippen molar-refractivity contribution in [3.8, 4) is 0 Å². The molecule has 142 valence electrons. The first-order chi connectivity index (χ1) is 14.3. The molecular formula is C28H26Sn. The molecule has 1 aliphatic rings. The SMILES string of the molecule is C[C@]1(c2ccccc2)C[C@@H]1[Sn]([c]1ccccc1)([c]1ccccc1)[c]1ccccc1. The van der Waals surface area contributed by atoms with E-state index in [9.17, 15) is 0 Å². The molecule has 0 radical (unpaired) electrons. The van der Waals surface area contributed by atoms with Crippen molar-refractivity contribution >= 4 is 29.1 Å². The zero-order chi connectivity index (χ0) is 19.7. The summed E-state index contributed by atoms with van der Waals surface area (Å²) in [5, 5.41) is 0. The van der Waals surface area contributed by atoms with E-state index in [4.69, 9.17) is 0 Å². The molecule has 0 amide bonds. The van der Waals surface area contributed by atoms with Crippen LogP contribution in [0.2, 0.25) is 3.93 Å². The average molecular weight is 481 g/mol. The van der Waals surface area contributed by atoms with E-state index in [1.54, 1.807) is 10.7 Å². The third kappa shape index (κ3) is 3.05. The van der Waals surface area contributed by atoms with Gasteiger partial charge in [-0.25, -0.2) is 0 Å². The molecule has 2 atom stereocenters. The van der Waals surface area contributed by atoms with Gasteiger partial charge in [-0.2, -0.15) is 0 Å². The van der Waals surface area contributed by atoms with Crippen LogP contribution in [0.5, 0.6) is 0 Å². The van der Waals surface area contributed by atoms with Crippen molar-refractivity contribution in [1.82, 2.24) is 0 Å². The molecule has 29 heavy (non-hydrogen) atoms. The first-order valence-corrected chi connectivity index (χ1v) is 16.4. The Kier molecular flexibility index (Phi) is 4.83. The Morgan fingerprint density at radius 2 is 0.897 bits per heavy atom. The molecule has 0 aliphatic heterocycles. The van der Waals surface area contributed by atoms with E-state index in [-0.39, 0.29) is 5.41 Å². The van der Waals surface area contributed by atoms with Gasteiger partial charge in [-0.1, -0.05) is 0 Å². The summed E-state index contributed by atoms with van der Waals surface area (Å²) < 4.78 is 5.46. The molecule has 1 heteroatoms. The number of rotatable bonds is 5. The van der Waals surface area contributed by atoms with Crippen molar-refractivity contribution in [2.24, 2.45) is 0 Å². The van der Waals surface area contributed by atoms with E-state index in [0.29, 0.717) is 3.93 Å². The van der Waals surface area contributed by atoms with Crippen LogP contribution in [0.3, 0.4) is 0 Å². The Balaban J connectivity index is 1.78. The molecule has 1 saturated carbocycles. The van der Waals surface area contributed by atoms with Crippen molar-refractivity contribution in [3.63, 3.8) is 0 Å². The van der Waals surface area contributed by atoms with Crippen LogP contribution in [0.4, 0.5) is 0 Å². The Hall–Kier alpha value is -2.32. The standard InChI is InChI=1S/C10H11.3C6H5.Sn/c1-10(7-8-10)9-5-3-2-4-6-9;3*1-2-4-6-5-3-1;/h2-7H,8H2,1H3;3*1-5H;/t10-;;;;/m1..../s1. The second-order valence-electron chi connectivity index (χ2n) is 8.45. The van der Waals surface area contributed by atoms with Gasteiger partial charge in [0.1, 0.15) is 0 Å². The maximum absolute atomic E-state index is 3.25. The quantitative estimate of drug-likeness (QED) is 0.357. The molecule has 0 aromatic heterocycles. The summed E-state index contributed by atoms with van der Waals surface area (Å²) in [4.78, 5) is 0. The summed E-state index contributed by atoms with van der Waals surface area (Å²) in [6.07, 6.45) is 1.27. The molecule has 0 nitrogen and oxygen atoms in total. The first kappa shape index (κ1) is 18.7. The summed E-state index contributed by atoms with van der Waals surface area (Å²) in [6, 6.07) is 45.4. The average Bonchev–Trinajstić information content (AvgIpc) is 3.50. The van der Waals surface area contributed by atoms with Gasteiger partial charge in [0.05, 0.1) is 0 Å². The molecule has 0 heterocycles. The monoisotopic (exact) mass is 482 g/mol. The van der Waals surface area contributed by atoms with Gasteiger partial charge in [0, 0.05) is 0 Å². The molecule has 0 saturated heterocycles. The van der Waals surface area contributed by atoms with Gasteiger partial charge in [0.25, 0.3) is 0 Å². The fourth-order valence-electron chi connectivity index (χ4n) is 5.34. The van der Waals surface area contributed by atoms with Crippen LogP contribution < -0.4 is 10.7 Å². The van der Waals surface area contributed by atoms with Gasteiger partial charge in [-0.15, -0.1) is 0 Å².